The Kier molecular flexibility index (Phi) is 4.63. The molecule has 0 aliphatic rings. The van der Waals surface area contributed by atoms with Gasteiger partial charge in [0.1, 0.15) is 11.6 Å². The summed E-state index contributed by atoms with van der Waals surface area (Å²) in [5, 5.41) is 0.629. The van der Waals surface area contributed by atoms with E-state index in [1.54, 1.807) is 19.2 Å². The number of hydrogen-bond donors (Lipinski definition) is 1. The number of rotatable bonds is 4. The zero-order valence-electron chi connectivity index (χ0n) is 11.5. The molecule has 2 rings (SSSR count). The molecule has 0 radical (unpaired) electrons. The lowest BCUT2D eigenvalue weighted by Gasteiger charge is -2.17. The molecule has 2 N–H and O–H groups in total. The molecule has 0 saturated heterocycles. The Hall–Kier alpha value is -1.58. The monoisotopic (exact) mass is 293 g/mol. The smallest absolute Gasteiger partial charge is 0.123 e. The van der Waals surface area contributed by atoms with Gasteiger partial charge in [-0.3, -0.25) is 0 Å². The third-order valence-electron chi connectivity index (χ3n) is 3.32. The summed E-state index contributed by atoms with van der Waals surface area (Å²) in [7, 11) is 1.60. The van der Waals surface area contributed by atoms with E-state index in [-0.39, 0.29) is 11.9 Å². The molecule has 2 aromatic carbocycles. The van der Waals surface area contributed by atoms with Gasteiger partial charge in [-0.25, -0.2) is 4.39 Å². The van der Waals surface area contributed by atoms with Crippen molar-refractivity contribution in [3.8, 4) is 5.75 Å². The Labute approximate surface area is 123 Å². The molecule has 0 fully saturated rings. The van der Waals surface area contributed by atoms with Crippen LogP contribution in [0, 0.1) is 12.7 Å². The average Bonchev–Trinajstić information content (AvgIpc) is 2.41. The standard InChI is InChI=1S/C16H17ClFNO/c1-10-3-5-13(18)9-14(10)15(19)8-11-7-12(17)4-6-16(11)20-2/h3-7,9,15H,8,19H2,1-2H3. The lowest BCUT2D eigenvalue weighted by atomic mass is 9.95. The molecule has 4 heteroatoms. The average molecular weight is 294 g/mol. The largest absolute Gasteiger partial charge is 0.496 e. The van der Waals surface area contributed by atoms with Crippen molar-refractivity contribution in [1.82, 2.24) is 0 Å². The van der Waals surface area contributed by atoms with Crippen LogP contribution in [0.1, 0.15) is 22.7 Å². The molecule has 0 saturated carbocycles. The summed E-state index contributed by atoms with van der Waals surface area (Å²) in [6.45, 7) is 1.92. The van der Waals surface area contributed by atoms with Crippen LogP contribution in [0.5, 0.6) is 5.75 Å². The number of aryl methyl sites for hydroxylation is 1. The molecule has 0 aliphatic carbocycles. The lowest BCUT2D eigenvalue weighted by Crippen LogP contribution is -2.15. The van der Waals surface area contributed by atoms with Gasteiger partial charge in [0.05, 0.1) is 7.11 Å². The topological polar surface area (TPSA) is 35.2 Å². The Morgan fingerprint density at radius 3 is 2.70 bits per heavy atom. The Morgan fingerprint density at radius 2 is 2.00 bits per heavy atom. The van der Waals surface area contributed by atoms with Crippen molar-refractivity contribution in [3.05, 3.63) is 63.9 Å². The van der Waals surface area contributed by atoms with Gasteiger partial charge in [-0.1, -0.05) is 17.7 Å². The molecule has 0 aliphatic heterocycles. The van der Waals surface area contributed by atoms with E-state index < -0.39 is 0 Å². The molecule has 0 heterocycles. The highest BCUT2D eigenvalue weighted by molar-refractivity contribution is 6.30. The molecule has 0 aromatic heterocycles. The summed E-state index contributed by atoms with van der Waals surface area (Å²) in [6.07, 6.45) is 0.536. The Bertz CT molecular complexity index is 615. The van der Waals surface area contributed by atoms with E-state index in [4.69, 9.17) is 22.1 Å². The highest BCUT2D eigenvalue weighted by atomic mass is 35.5. The van der Waals surface area contributed by atoms with E-state index in [1.807, 2.05) is 19.1 Å². The fourth-order valence-electron chi connectivity index (χ4n) is 2.26. The SMILES string of the molecule is COc1ccc(Cl)cc1CC(N)c1cc(F)ccc1C. The molecule has 106 valence electrons. The van der Waals surface area contributed by atoms with Crippen LogP contribution in [0.4, 0.5) is 4.39 Å². The van der Waals surface area contributed by atoms with Gasteiger partial charge >= 0.3 is 0 Å². The van der Waals surface area contributed by atoms with E-state index in [0.717, 1.165) is 22.4 Å². The third kappa shape index (κ3) is 3.30. The van der Waals surface area contributed by atoms with Crippen LogP contribution in [0.3, 0.4) is 0 Å². The fourth-order valence-corrected chi connectivity index (χ4v) is 2.46. The summed E-state index contributed by atoms with van der Waals surface area (Å²) < 4.78 is 18.7. The lowest BCUT2D eigenvalue weighted by molar-refractivity contribution is 0.408. The minimum Gasteiger partial charge on any atom is -0.496 e. The number of benzene rings is 2. The van der Waals surface area contributed by atoms with Gasteiger partial charge in [0.15, 0.2) is 0 Å². The summed E-state index contributed by atoms with van der Waals surface area (Å²) >= 11 is 6.00. The molecule has 2 nitrogen and oxygen atoms in total. The van der Waals surface area contributed by atoms with E-state index in [1.165, 1.54) is 12.1 Å². The first-order valence-corrected chi connectivity index (χ1v) is 6.73. The molecular weight excluding hydrogens is 277 g/mol. The predicted octanol–water partition coefficient (Wildman–Crippen LogP) is 4.04. The predicted molar refractivity (Wildman–Crippen MR) is 79.8 cm³/mol. The second kappa shape index (κ2) is 6.25. The van der Waals surface area contributed by atoms with Gasteiger partial charge in [0, 0.05) is 11.1 Å². The van der Waals surface area contributed by atoms with Crippen molar-refractivity contribution < 1.29 is 9.13 Å². The Morgan fingerprint density at radius 1 is 1.25 bits per heavy atom. The van der Waals surface area contributed by atoms with Crippen molar-refractivity contribution in [1.29, 1.82) is 0 Å². The van der Waals surface area contributed by atoms with Gasteiger partial charge in [0.25, 0.3) is 0 Å². The highest BCUT2D eigenvalue weighted by Gasteiger charge is 2.14. The van der Waals surface area contributed by atoms with Crippen LogP contribution < -0.4 is 10.5 Å². The number of halogens is 2. The van der Waals surface area contributed by atoms with E-state index >= 15 is 0 Å². The first-order chi connectivity index (χ1) is 9.51. The second-order valence-corrected chi connectivity index (χ2v) is 5.20. The number of methoxy groups -OCH3 is 1. The summed E-state index contributed by atoms with van der Waals surface area (Å²) in [5.41, 5.74) is 8.89. The molecular formula is C16H17ClFNO. The maximum absolute atomic E-state index is 13.4. The van der Waals surface area contributed by atoms with Crippen molar-refractivity contribution in [3.63, 3.8) is 0 Å². The quantitative estimate of drug-likeness (QED) is 0.923. The third-order valence-corrected chi connectivity index (χ3v) is 3.56. The summed E-state index contributed by atoms with van der Waals surface area (Å²) in [5.74, 6) is 0.456. The Balaban J connectivity index is 2.29. The summed E-state index contributed by atoms with van der Waals surface area (Å²) in [6, 6.07) is 9.75. The molecule has 1 atom stereocenters. The van der Waals surface area contributed by atoms with Crippen molar-refractivity contribution in [2.75, 3.05) is 7.11 Å². The minimum atomic E-state index is -0.307. The van der Waals surface area contributed by atoms with Gasteiger partial charge in [-0.15, -0.1) is 0 Å². The zero-order chi connectivity index (χ0) is 14.7. The van der Waals surface area contributed by atoms with E-state index in [2.05, 4.69) is 0 Å². The maximum atomic E-state index is 13.4. The van der Waals surface area contributed by atoms with Crippen LogP contribution in [0.2, 0.25) is 5.02 Å². The summed E-state index contributed by atoms with van der Waals surface area (Å²) in [4.78, 5) is 0. The van der Waals surface area contributed by atoms with Crippen molar-refractivity contribution in [2.24, 2.45) is 5.73 Å². The van der Waals surface area contributed by atoms with Gasteiger partial charge in [0.2, 0.25) is 0 Å². The molecule has 0 bridgehead atoms. The zero-order valence-corrected chi connectivity index (χ0v) is 12.2. The molecule has 2 aromatic rings. The fraction of sp³-hybridized carbons (Fsp3) is 0.250. The highest BCUT2D eigenvalue weighted by Crippen LogP contribution is 2.28. The normalized spacial score (nSPS) is 12.2. The minimum absolute atomic E-state index is 0.279. The van der Waals surface area contributed by atoms with Gasteiger partial charge < -0.3 is 10.5 Å². The van der Waals surface area contributed by atoms with Crippen LogP contribution in [-0.2, 0) is 6.42 Å². The molecule has 1 unspecified atom stereocenters. The van der Waals surface area contributed by atoms with Gasteiger partial charge in [-0.05, 0) is 60.4 Å². The maximum Gasteiger partial charge on any atom is 0.123 e. The molecule has 20 heavy (non-hydrogen) atoms. The van der Waals surface area contributed by atoms with Crippen LogP contribution in [0.15, 0.2) is 36.4 Å². The molecule has 0 spiro atoms. The number of ether oxygens (including phenoxy) is 1. The van der Waals surface area contributed by atoms with Crippen LogP contribution >= 0.6 is 11.6 Å². The second-order valence-electron chi connectivity index (χ2n) is 4.77. The number of nitrogens with two attached hydrogens (primary N) is 1. The van der Waals surface area contributed by atoms with Crippen molar-refractivity contribution >= 4 is 11.6 Å². The number of hydrogen-bond acceptors (Lipinski definition) is 2. The van der Waals surface area contributed by atoms with Gasteiger partial charge in [-0.2, -0.15) is 0 Å². The first-order valence-electron chi connectivity index (χ1n) is 6.35. The van der Waals surface area contributed by atoms with E-state index in [9.17, 15) is 4.39 Å². The van der Waals surface area contributed by atoms with E-state index in [0.29, 0.717) is 11.4 Å². The van der Waals surface area contributed by atoms with Crippen molar-refractivity contribution in [2.45, 2.75) is 19.4 Å². The van der Waals surface area contributed by atoms with Crippen LogP contribution in [-0.4, -0.2) is 7.11 Å². The molecule has 0 amide bonds. The first kappa shape index (κ1) is 14.8. The van der Waals surface area contributed by atoms with Crippen LogP contribution in [0.25, 0.3) is 0 Å².